The number of para-hydroxylation sites is 1. The molecule has 0 saturated heterocycles. The Hall–Kier alpha value is -3.91. The van der Waals surface area contributed by atoms with Gasteiger partial charge in [0.15, 0.2) is 0 Å². The third-order valence-corrected chi connectivity index (χ3v) is 6.40. The molecule has 0 radical (unpaired) electrons. The summed E-state index contributed by atoms with van der Waals surface area (Å²) in [7, 11) is 1.63. The highest BCUT2D eigenvalue weighted by atomic mass is 16.3. The predicted molar refractivity (Wildman–Crippen MR) is 137 cm³/mol. The van der Waals surface area contributed by atoms with Crippen molar-refractivity contribution in [1.29, 1.82) is 0 Å². The zero-order valence-corrected chi connectivity index (χ0v) is 20.4. The van der Waals surface area contributed by atoms with Crippen molar-refractivity contribution in [1.82, 2.24) is 25.3 Å². The lowest BCUT2D eigenvalue weighted by molar-refractivity contribution is 0.0964. The normalized spacial score (nSPS) is 13.7. The summed E-state index contributed by atoms with van der Waals surface area (Å²) in [5, 5.41) is 16.6. The lowest BCUT2D eigenvalue weighted by Gasteiger charge is -2.22. The van der Waals surface area contributed by atoms with E-state index >= 15 is 0 Å². The first kappa shape index (κ1) is 24.2. The molecular weight excluding hydrogens is 440 g/mol. The highest BCUT2D eigenvalue weighted by Gasteiger charge is 2.19. The number of carbonyl (C=O) groups is 1. The number of benzene rings is 1. The summed E-state index contributed by atoms with van der Waals surface area (Å²) in [6, 6.07) is 13.3. The van der Waals surface area contributed by atoms with Crippen molar-refractivity contribution in [2.75, 3.05) is 18.9 Å². The van der Waals surface area contributed by atoms with E-state index < -0.39 is 6.10 Å². The first-order valence-electron chi connectivity index (χ1n) is 11.7. The molecule has 0 saturated carbocycles. The predicted octanol–water partition coefficient (Wildman–Crippen LogP) is 4.35. The Bertz CT molecular complexity index is 1320. The Kier molecular flexibility index (Phi) is 7.31. The van der Waals surface area contributed by atoms with E-state index in [0.717, 1.165) is 33.5 Å². The van der Waals surface area contributed by atoms with Gasteiger partial charge >= 0.3 is 0 Å². The van der Waals surface area contributed by atoms with Crippen molar-refractivity contribution in [3.05, 3.63) is 78.0 Å². The number of nitrogens with zero attached hydrogens (tertiary/aromatic N) is 4. The summed E-state index contributed by atoms with van der Waals surface area (Å²) in [6.45, 7) is 6.74. The van der Waals surface area contributed by atoms with E-state index in [1.54, 1.807) is 38.5 Å². The summed E-state index contributed by atoms with van der Waals surface area (Å²) in [5.74, 6) is 1.06. The van der Waals surface area contributed by atoms with Gasteiger partial charge in [0.2, 0.25) is 0 Å². The molecule has 180 valence electrons. The number of aliphatic hydroxyl groups excluding tert-OH is 1. The van der Waals surface area contributed by atoms with Crippen molar-refractivity contribution >= 4 is 22.6 Å². The van der Waals surface area contributed by atoms with Crippen molar-refractivity contribution < 1.29 is 9.90 Å². The molecule has 0 aliphatic heterocycles. The summed E-state index contributed by atoms with van der Waals surface area (Å²) in [6.07, 6.45) is 4.32. The highest BCUT2D eigenvalue weighted by Crippen LogP contribution is 2.31. The summed E-state index contributed by atoms with van der Waals surface area (Å²) < 4.78 is 0. The van der Waals surface area contributed by atoms with Crippen LogP contribution >= 0.6 is 0 Å². The second-order valence-corrected chi connectivity index (χ2v) is 8.76. The Labute approximate surface area is 204 Å². The molecule has 4 aromatic rings. The zero-order chi connectivity index (χ0) is 24.9. The van der Waals surface area contributed by atoms with Crippen LogP contribution in [-0.4, -0.2) is 44.5 Å². The molecule has 8 heteroatoms. The van der Waals surface area contributed by atoms with Gasteiger partial charge in [-0.25, -0.2) is 9.97 Å². The van der Waals surface area contributed by atoms with Crippen molar-refractivity contribution in [3.63, 3.8) is 0 Å². The van der Waals surface area contributed by atoms with Crippen molar-refractivity contribution in [2.45, 2.75) is 32.8 Å². The lowest BCUT2D eigenvalue weighted by Crippen LogP contribution is -2.19. The van der Waals surface area contributed by atoms with Crippen LogP contribution in [0.1, 0.15) is 54.4 Å². The van der Waals surface area contributed by atoms with E-state index in [2.05, 4.69) is 50.5 Å². The van der Waals surface area contributed by atoms with Crippen LogP contribution in [0.2, 0.25) is 0 Å². The number of nitrogens with one attached hydrogen (secondary N) is 2. The molecule has 3 aromatic heterocycles. The Morgan fingerprint density at radius 1 is 1.03 bits per heavy atom. The number of hydrogen-bond acceptors (Lipinski definition) is 7. The molecule has 0 fully saturated rings. The molecule has 2 unspecified atom stereocenters. The smallest absolute Gasteiger partial charge is 0.251 e. The van der Waals surface area contributed by atoms with Crippen LogP contribution in [0.15, 0.2) is 61.2 Å². The Balaban J connectivity index is 1.49. The van der Waals surface area contributed by atoms with Gasteiger partial charge in [-0.05, 0) is 42.5 Å². The number of anilines is 1. The van der Waals surface area contributed by atoms with Crippen LogP contribution in [0, 0.1) is 5.92 Å². The number of aliphatic hydroxyl groups is 1. The van der Waals surface area contributed by atoms with E-state index in [0.29, 0.717) is 17.8 Å². The number of fused-ring (bicyclic) bond motifs is 1. The molecule has 1 amide bonds. The highest BCUT2D eigenvalue weighted by molar-refractivity contribution is 6.06. The van der Waals surface area contributed by atoms with E-state index in [1.807, 2.05) is 24.3 Å². The minimum atomic E-state index is -0.609. The maximum atomic E-state index is 12.3. The topological polar surface area (TPSA) is 113 Å². The third kappa shape index (κ3) is 5.27. The fraction of sp³-hybridized carbons (Fsp3) is 0.296. The molecule has 3 atom stereocenters. The summed E-state index contributed by atoms with van der Waals surface area (Å²) >= 11 is 0. The molecular formula is C27H30N6O2. The van der Waals surface area contributed by atoms with Crippen molar-refractivity contribution in [2.24, 2.45) is 5.92 Å². The molecule has 0 spiro atoms. The number of rotatable bonds is 8. The maximum absolute atomic E-state index is 12.3. The number of aromatic nitrogens is 4. The minimum absolute atomic E-state index is 0.118. The van der Waals surface area contributed by atoms with Gasteiger partial charge in [-0.3, -0.25) is 14.8 Å². The number of pyridine rings is 2. The molecule has 4 rings (SSSR count). The summed E-state index contributed by atoms with van der Waals surface area (Å²) in [4.78, 5) is 29.9. The second-order valence-electron chi connectivity index (χ2n) is 8.76. The summed E-state index contributed by atoms with van der Waals surface area (Å²) in [5.41, 5.74) is 4.82. The van der Waals surface area contributed by atoms with Crippen LogP contribution in [0.5, 0.6) is 0 Å². The minimum Gasteiger partial charge on any atom is -0.387 e. The monoisotopic (exact) mass is 470 g/mol. The van der Waals surface area contributed by atoms with Crippen LogP contribution in [0.3, 0.4) is 0 Å². The maximum Gasteiger partial charge on any atom is 0.251 e. The molecule has 35 heavy (non-hydrogen) atoms. The van der Waals surface area contributed by atoms with Gasteiger partial charge in [-0.2, -0.15) is 0 Å². The lowest BCUT2D eigenvalue weighted by atomic mass is 9.87. The Morgan fingerprint density at radius 2 is 1.86 bits per heavy atom. The average Bonchev–Trinajstić information content (AvgIpc) is 2.90. The van der Waals surface area contributed by atoms with Gasteiger partial charge in [0.1, 0.15) is 12.1 Å². The third-order valence-electron chi connectivity index (χ3n) is 6.40. The number of carbonyl (C=O) groups excluding carboxylic acids is 1. The van der Waals surface area contributed by atoms with E-state index in [1.165, 1.54) is 6.33 Å². The SMILES string of the molecule is CNC(=O)c1ccnc2c(C(C)[C@H](C)CNc3cc(-c4ccc(C(C)O)nc4)ncn3)cccc12. The number of amides is 1. The average molecular weight is 471 g/mol. The van der Waals surface area contributed by atoms with Gasteiger partial charge in [0, 0.05) is 43.0 Å². The fourth-order valence-corrected chi connectivity index (χ4v) is 4.06. The van der Waals surface area contributed by atoms with Crippen LogP contribution in [-0.2, 0) is 0 Å². The van der Waals surface area contributed by atoms with Crippen molar-refractivity contribution in [3.8, 4) is 11.3 Å². The van der Waals surface area contributed by atoms with Gasteiger partial charge in [0.25, 0.3) is 5.91 Å². The molecule has 1 aromatic carbocycles. The molecule has 0 bridgehead atoms. The van der Waals surface area contributed by atoms with E-state index in [-0.39, 0.29) is 17.7 Å². The van der Waals surface area contributed by atoms with Crippen LogP contribution in [0.4, 0.5) is 5.82 Å². The van der Waals surface area contributed by atoms with Gasteiger partial charge in [-0.15, -0.1) is 0 Å². The van der Waals surface area contributed by atoms with Gasteiger partial charge in [0.05, 0.1) is 28.6 Å². The van der Waals surface area contributed by atoms with E-state index in [9.17, 15) is 9.90 Å². The van der Waals surface area contributed by atoms with Crippen LogP contribution in [0.25, 0.3) is 22.2 Å². The van der Waals surface area contributed by atoms with Gasteiger partial charge < -0.3 is 15.7 Å². The Morgan fingerprint density at radius 3 is 2.57 bits per heavy atom. The second kappa shape index (κ2) is 10.6. The van der Waals surface area contributed by atoms with Gasteiger partial charge in [-0.1, -0.05) is 32.0 Å². The molecule has 8 nitrogen and oxygen atoms in total. The first-order valence-corrected chi connectivity index (χ1v) is 11.7. The first-order chi connectivity index (χ1) is 16.9. The van der Waals surface area contributed by atoms with E-state index in [4.69, 9.17) is 0 Å². The quantitative estimate of drug-likeness (QED) is 0.351. The standard InChI is InChI=1S/C27H30N6O2/c1-16(17(2)20-6-5-7-21-22(27(35)28-4)10-11-29-26(20)21)13-31-25-12-24(32-15-33-25)19-8-9-23(18(3)34)30-14-19/h5-12,14-18,34H,13H2,1-4H3,(H,28,35)(H,31,32,33)/t16-,17?,18?/m1/s1. The largest absolute Gasteiger partial charge is 0.387 e. The molecule has 0 aliphatic carbocycles. The molecule has 0 aliphatic rings. The zero-order valence-electron chi connectivity index (χ0n) is 20.4. The fourth-order valence-electron chi connectivity index (χ4n) is 4.06. The number of hydrogen-bond donors (Lipinski definition) is 3. The molecule has 3 N–H and O–H groups in total. The van der Waals surface area contributed by atoms with Crippen LogP contribution < -0.4 is 10.6 Å². The molecule has 3 heterocycles.